The number of nitrogens with one attached hydrogen (secondary N) is 2. The van der Waals surface area contributed by atoms with Crippen molar-refractivity contribution in [2.45, 2.75) is 19.1 Å². The van der Waals surface area contributed by atoms with Gasteiger partial charge in [-0.2, -0.15) is 0 Å². The largest absolute Gasteiger partial charge is 0.445 e. The molecule has 1 amide bonds. The second-order valence-corrected chi connectivity index (χ2v) is 4.23. The van der Waals surface area contributed by atoms with Crippen molar-refractivity contribution in [1.29, 1.82) is 0 Å². The third-order valence-electron chi connectivity index (χ3n) is 2.67. The minimum absolute atomic E-state index is 0.169. The van der Waals surface area contributed by atoms with Crippen LogP contribution in [-0.4, -0.2) is 28.4 Å². The summed E-state index contributed by atoms with van der Waals surface area (Å²) in [7, 11) is 0. The molecule has 104 valence electrons. The number of nitrogens with zero attached hydrogens (tertiary/aromatic N) is 1. The van der Waals surface area contributed by atoms with Crippen molar-refractivity contribution in [1.82, 2.24) is 15.3 Å². The van der Waals surface area contributed by atoms with Gasteiger partial charge in [0.15, 0.2) is 0 Å². The molecule has 0 aliphatic carbocycles. The van der Waals surface area contributed by atoms with Crippen LogP contribution in [0, 0.1) is 0 Å². The number of carbonyl (C=O) groups is 2. The molecule has 0 saturated heterocycles. The highest BCUT2D eigenvalue weighted by atomic mass is 16.5. The van der Waals surface area contributed by atoms with Gasteiger partial charge in [-0.25, -0.2) is 9.78 Å². The highest BCUT2D eigenvalue weighted by molar-refractivity contribution is 5.73. The van der Waals surface area contributed by atoms with Crippen LogP contribution in [0.15, 0.2) is 42.9 Å². The Hall–Kier alpha value is -2.63. The molecule has 2 N–H and O–H groups in total. The van der Waals surface area contributed by atoms with Crippen molar-refractivity contribution in [2.24, 2.45) is 0 Å². The number of amides is 1. The lowest BCUT2D eigenvalue weighted by Gasteiger charge is -2.12. The highest BCUT2D eigenvalue weighted by Crippen LogP contribution is 2.01. The van der Waals surface area contributed by atoms with Gasteiger partial charge in [0.25, 0.3) is 0 Å². The number of rotatable bonds is 6. The van der Waals surface area contributed by atoms with Crippen molar-refractivity contribution < 1.29 is 14.3 Å². The average Bonchev–Trinajstić information content (AvgIpc) is 2.98. The maximum atomic E-state index is 11.6. The van der Waals surface area contributed by atoms with Crippen LogP contribution < -0.4 is 5.32 Å². The zero-order valence-corrected chi connectivity index (χ0v) is 10.8. The van der Waals surface area contributed by atoms with Gasteiger partial charge >= 0.3 is 6.09 Å². The van der Waals surface area contributed by atoms with Gasteiger partial charge in [0.1, 0.15) is 12.9 Å². The Morgan fingerprint density at radius 2 is 2.20 bits per heavy atom. The van der Waals surface area contributed by atoms with Gasteiger partial charge in [-0.15, -0.1) is 0 Å². The minimum atomic E-state index is -0.640. The van der Waals surface area contributed by atoms with Crippen molar-refractivity contribution in [2.75, 3.05) is 0 Å². The maximum Gasteiger partial charge on any atom is 0.408 e. The maximum absolute atomic E-state index is 11.6. The number of alkyl carbamates (subject to hydrolysis) is 1. The first kappa shape index (κ1) is 13.8. The Morgan fingerprint density at radius 3 is 2.85 bits per heavy atom. The minimum Gasteiger partial charge on any atom is -0.445 e. The van der Waals surface area contributed by atoms with Crippen LogP contribution in [0.1, 0.15) is 11.3 Å². The first-order valence-corrected chi connectivity index (χ1v) is 6.17. The van der Waals surface area contributed by atoms with Crippen LogP contribution in [0.2, 0.25) is 0 Å². The Morgan fingerprint density at radius 1 is 1.40 bits per heavy atom. The van der Waals surface area contributed by atoms with Crippen LogP contribution in [-0.2, 0) is 22.6 Å². The van der Waals surface area contributed by atoms with Gasteiger partial charge in [0, 0.05) is 18.3 Å². The Labute approximate surface area is 116 Å². The molecule has 1 heterocycles. The molecule has 0 bridgehead atoms. The lowest BCUT2D eigenvalue weighted by atomic mass is 10.2. The monoisotopic (exact) mass is 273 g/mol. The fourth-order valence-electron chi connectivity index (χ4n) is 1.68. The zero-order chi connectivity index (χ0) is 14.2. The second kappa shape index (κ2) is 7.08. The lowest BCUT2D eigenvalue weighted by molar-refractivity contribution is -0.109. The van der Waals surface area contributed by atoms with Crippen LogP contribution in [0.5, 0.6) is 0 Å². The summed E-state index contributed by atoms with van der Waals surface area (Å²) in [5.41, 5.74) is 1.66. The standard InChI is InChI=1S/C14H15N3O3/c18-8-13(6-12-7-15-10-16-12)17-14(19)20-9-11-4-2-1-3-5-11/h1-5,7-8,10,13H,6,9H2,(H,15,16)(H,17,19)/t13-/m0/s1. The van der Waals surface area contributed by atoms with E-state index in [0.717, 1.165) is 11.3 Å². The van der Waals surface area contributed by atoms with E-state index in [0.29, 0.717) is 12.7 Å². The summed E-state index contributed by atoms with van der Waals surface area (Å²) in [5.74, 6) is 0. The molecule has 0 aliphatic rings. The Kier molecular flexibility index (Phi) is 4.88. The average molecular weight is 273 g/mol. The molecule has 1 aromatic heterocycles. The summed E-state index contributed by atoms with van der Waals surface area (Å²) < 4.78 is 5.04. The molecule has 6 heteroatoms. The highest BCUT2D eigenvalue weighted by Gasteiger charge is 2.13. The van der Waals surface area contributed by atoms with Crippen LogP contribution >= 0.6 is 0 Å². The third kappa shape index (κ3) is 4.24. The molecule has 0 unspecified atom stereocenters. The van der Waals surface area contributed by atoms with Gasteiger partial charge in [0.05, 0.1) is 12.4 Å². The predicted molar refractivity (Wildman–Crippen MR) is 71.9 cm³/mol. The fraction of sp³-hybridized carbons (Fsp3) is 0.214. The Bertz CT molecular complexity index is 540. The number of carbonyl (C=O) groups excluding carboxylic acids is 2. The fourth-order valence-corrected chi connectivity index (χ4v) is 1.68. The van der Waals surface area contributed by atoms with Gasteiger partial charge < -0.3 is 19.8 Å². The molecule has 0 fully saturated rings. The van der Waals surface area contributed by atoms with Crippen molar-refractivity contribution in [3.63, 3.8) is 0 Å². The van der Waals surface area contributed by atoms with Crippen molar-refractivity contribution in [3.05, 3.63) is 54.1 Å². The summed E-state index contributed by atoms with van der Waals surface area (Å²) in [4.78, 5) is 29.3. The summed E-state index contributed by atoms with van der Waals surface area (Å²) >= 11 is 0. The normalized spacial score (nSPS) is 11.6. The zero-order valence-electron chi connectivity index (χ0n) is 10.8. The van der Waals surface area contributed by atoms with E-state index in [1.807, 2.05) is 30.3 Å². The molecule has 2 aromatic rings. The molecule has 20 heavy (non-hydrogen) atoms. The molecule has 0 saturated carbocycles. The van der Waals surface area contributed by atoms with E-state index in [9.17, 15) is 9.59 Å². The quantitative estimate of drug-likeness (QED) is 0.780. The first-order chi connectivity index (χ1) is 9.78. The summed E-state index contributed by atoms with van der Waals surface area (Å²) in [6.45, 7) is 0.169. The molecule has 1 atom stereocenters. The number of aromatic nitrogens is 2. The number of hydrogen-bond acceptors (Lipinski definition) is 4. The van der Waals surface area contributed by atoms with Gasteiger partial charge in [-0.1, -0.05) is 30.3 Å². The summed E-state index contributed by atoms with van der Waals surface area (Å²) in [5, 5.41) is 2.50. The number of H-pyrrole nitrogens is 1. The molecular formula is C14H15N3O3. The first-order valence-electron chi connectivity index (χ1n) is 6.17. The van der Waals surface area contributed by atoms with Crippen molar-refractivity contribution >= 4 is 12.4 Å². The predicted octanol–water partition coefficient (Wildman–Crippen LogP) is 1.45. The van der Waals surface area contributed by atoms with E-state index < -0.39 is 12.1 Å². The van der Waals surface area contributed by atoms with E-state index in [2.05, 4.69) is 15.3 Å². The molecule has 0 aliphatic heterocycles. The van der Waals surface area contributed by atoms with E-state index in [-0.39, 0.29) is 6.61 Å². The number of imidazole rings is 1. The molecule has 0 spiro atoms. The van der Waals surface area contributed by atoms with E-state index >= 15 is 0 Å². The Balaban J connectivity index is 1.79. The van der Waals surface area contributed by atoms with Gasteiger partial charge in [-0.3, -0.25) is 0 Å². The molecular weight excluding hydrogens is 258 g/mol. The van der Waals surface area contributed by atoms with Gasteiger partial charge in [-0.05, 0) is 5.56 Å². The molecule has 6 nitrogen and oxygen atoms in total. The van der Waals surface area contributed by atoms with Gasteiger partial charge in [0.2, 0.25) is 0 Å². The molecule has 0 radical (unpaired) electrons. The van der Waals surface area contributed by atoms with Crippen LogP contribution in [0.4, 0.5) is 4.79 Å². The number of hydrogen-bond donors (Lipinski definition) is 2. The number of aromatic amines is 1. The lowest BCUT2D eigenvalue weighted by Crippen LogP contribution is -2.38. The summed E-state index contributed by atoms with van der Waals surface area (Å²) in [6, 6.07) is 8.69. The van der Waals surface area contributed by atoms with E-state index in [1.54, 1.807) is 6.20 Å². The second-order valence-electron chi connectivity index (χ2n) is 4.23. The smallest absolute Gasteiger partial charge is 0.408 e. The molecule has 2 rings (SSSR count). The number of ether oxygens (including phenoxy) is 1. The van der Waals surface area contributed by atoms with E-state index in [4.69, 9.17) is 4.74 Å². The number of aldehydes is 1. The third-order valence-corrected chi connectivity index (χ3v) is 2.67. The van der Waals surface area contributed by atoms with Crippen LogP contribution in [0.3, 0.4) is 0 Å². The van der Waals surface area contributed by atoms with Crippen LogP contribution in [0.25, 0.3) is 0 Å². The summed E-state index contributed by atoms with van der Waals surface area (Å²) in [6.07, 6.45) is 3.53. The topological polar surface area (TPSA) is 84.1 Å². The van der Waals surface area contributed by atoms with E-state index in [1.165, 1.54) is 6.33 Å². The SMILES string of the molecule is O=C[C@H](Cc1cnc[nH]1)NC(=O)OCc1ccccc1. The molecule has 1 aromatic carbocycles. The number of benzene rings is 1. The van der Waals surface area contributed by atoms with Crippen molar-refractivity contribution in [3.8, 4) is 0 Å².